The third-order valence-corrected chi connectivity index (χ3v) is 1.89. The lowest BCUT2D eigenvalue weighted by molar-refractivity contribution is 0.111. The van der Waals surface area contributed by atoms with Gasteiger partial charge in [0.25, 0.3) is 0 Å². The number of carbonyl (C=O) groups excluding carboxylic acids is 1. The molecule has 0 atom stereocenters. The Morgan fingerprint density at radius 3 is 2.57 bits per heavy atom. The number of aromatic nitrogens is 2. The number of H-pyrrole nitrogens is 1. The molecule has 0 saturated heterocycles. The van der Waals surface area contributed by atoms with Gasteiger partial charge in [0.2, 0.25) is 0 Å². The van der Waals surface area contributed by atoms with Gasteiger partial charge in [-0.15, -0.1) is 0 Å². The van der Waals surface area contributed by atoms with Crippen LogP contribution in [0.4, 0.5) is 0 Å². The van der Waals surface area contributed by atoms with Crippen LogP contribution in [0.15, 0.2) is 30.3 Å². The van der Waals surface area contributed by atoms with E-state index in [1.807, 2.05) is 0 Å². The molecule has 1 heterocycles. The summed E-state index contributed by atoms with van der Waals surface area (Å²) in [7, 11) is 0. The Morgan fingerprint density at radius 1 is 1.29 bits per heavy atom. The van der Waals surface area contributed by atoms with Gasteiger partial charge < -0.3 is 5.11 Å². The molecule has 2 N–H and O–H groups in total. The summed E-state index contributed by atoms with van der Waals surface area (Å²) in [4.78, 5) is 10.4. The van der Waals surface area contributed by atoms with Gasteiger partial charge in [-0.3, -0.25) is 9.89 Å². The molecule has 0 fully saturated rings. The van der Waals surface area contributed by atoms with Gasteiger partial charge >= 0.3 is 0 Å². The van der Waals surface area contributed by atoms with Gasteiger partial charge in [-0.2, -0.15) is 5.10 Å². The molecule has 0 bridgehead atoms. The van der Waals surface area contributed by atoms with E-state index in [2.05, 4.69) is 10.2 Å². The zero-order valence-corrected chi connectivity index (χ0v) is 7.27. The van der Waals surface area contributed by atoms with Crippen LogP contribution < -0.4 is 0 Å². The minimum atomic E-state index is 0.208. The van der Waals surface area contributed by atoms with Gasteiger partial charge in [0.05, 0.1) is 11.4 Å². The molecule has 0 radical (unpaired) electrons. The van der Waals surface area contributed by atoms with Crippen molar-refractivity contribution in [2.24, 2.45) is 0 Å². The van der Waals surface area contributed by atoms with Crippen molar-refractivity contribution in [3.05, 3.63) is 36.0 Å². The zero-order chi connectivity index (χ0) is 9.97. The number of nitrogens with zero attached hydrogens (tertiary/aromatic N) is 1. The second-order valence-electron chi connectivity index (χ2n) is 2.87. The Morgan fingerprint density at radius 2 is 2.00 bits per heavy atom. The standard InChI is InChI=1S/C10H8N2O2/c13-6-8-5-10(12-11-8)7-1-3-9(14)4-2-7/h1-6,14H,(H,11,12). The molecule has 0 saturated carbocycles. The number of hydrogen-bond acceptors (Lipinski definition) is 3. The van der Waals surface area contributed by atoms with Crippen molar-refractivity contribution in [1.82, 2.24) is 10.2 Å². The van der Waals surface area contributed by atoms with E-state index in [9.17, 15) is 4.79 Å². The molecule has 0 aliphatic heterocycles. The molecular weight excluding hydrogens is 180 g/mol. The average Bonchev–Trinajstić information content (AvgIpc) is 2.67. The SMILES string of the molecule is O=Cc1cc(-c2ccc(O)cc2)n[nH]1. The lowest BCUT2D eigenvalue weighted by atomic mass is 10.1. The fourth-order valence-electron chi connectivity index (χ4n) is 1.18. The summed E-state index contributed by atoms with van der Waals surface area (Å²) in [5, 5.41) is 15.6. The van der Waals surface area contributed by atoms with Crippen molar-refractivity contribution < 1.29 is 9.90 Å². The van der Waals surface area contributed by atoms with Crippen LogP contribution in [-0.2, 0) is 0 Å². The van der Waals surface area contributed by atoms with E-state index in [1.165, 1.54) is 0 Å². The Bertz CT molecular complexity index is 445. The van der Waals surface area contributed by atoms with Crippen molar-refractivity contribution in [1.29, 1.82) is 0 Å². The summed E-state index contributed by atoms with van der Waals surface area (Å²) in [6, 6.07) is 8.27. The van der Waals surface area contributed by atoms with E-state index < -0.39 is 0 Å². The van der Waals surface area contributed by atoms with Crippen LogP contribution in [0.1, 0.15) is 10.5 Å². The lowest BCUT2D eigenvalue weighted by Gasteiger charge is -1.95. The Kier molecular flexibility index (Phi) is 2.02. The maximum atomic E-state index is 10.4. The van der Waals surface area contributed by atoms with Crippen molar-refractivity contribution in [3.8, 4) is 17.0 Å². The van der Waals surface area contributed by atoms with Crippen LogP contribution in [0.5, 0.6) is 5.75 Å². The average molecular weight is 188 g/mol. The van der Waals surface area contributed by atoms with Gasteiger partial charge in [-0.25, -0.2) is 0 Å². The third-order valence-electron chi connectivity index (χ3n) is 1.89. The predicted molar refractivity (Wildman–Crippen MR) is 51.1 cm³/mol. The molecule has 0 unspecified atom stereocenters. The molecule has 0 amide bonds. The van der Waals surface area contributed by atoms with Gasteiger partial charge in [0, 0.05) is 5.56 Å². The lowest BCUT2D eigenvalue weighted by Crippen LogP contribution is -1.76. The molecule has 0 aliphatic carbocycles. The van der Waals surface area contributed by atoms with Crippen LogP contribution in [0.2, 0.25) is 0 Å². The largest absolute Gasteiger partial charge is 0.508 e. The Labute approximate surface area is 80.2 Å². The summed E-state index contributed by atoms with van der Waals surface area (Å²) < 4.78 is 0. The molecular formula is C10H8N2O2. The van der Waals surface area contributed by atoms with Crippen molar-refractivity contribution >= 4 is 6.29 Å². The minimum Gasteiger partial charge on any atom is -0.508 e. The van der Waals surface area contributed by atoms with E-state index in [1.54, 1.807) is 30.3 Å². The molecule has 4 heteroatoms. The van der Waals surface area contributed by atoms with Crippen molar-refractivity contribution in [2.45, 2.75) is 0 Å². The topological polar surface area (TPSA) is 66.0 Å². The molecule has 70 valence electrons. The normalized spacial score (nSPS) is 10.0. The molecule has 2 rings (SSSR count). The molecule has 1 aromatic carbocycles. The summed E-state index contributed by atoms with van der Waals surface area (Å²) in [5.74, 6) is 0.208. The summed E-state index contributed by atoms with van der Waals surface area (Å²) >= 11 is 0. The minimum absolute atomic E-state index is 0.208. The van der Waals surface area contributed by atoms with Crippen LogP contribution in [0.3, 0.4) is 0 Å². The molecule has 1 aromatic heterocycles. The first-order chi connectivity index (χ1) is 6.79. The number of phenols is 1. The highest BCUT2D eigenvalue weighted by Gasteiger charge is 2.02. The van der Waals surface area contributed by atoms with E-state index in [0.717, 1.165) is 5.56 Å². The second kappa shape index (κ2) is 3.33. The van der Waals surface area contributed by atoms with Crippen LogP contribution in [-0.4, -0.2) is 21.6 Å². The van der Waals surface area contributed by atoms with E-state index in [0.29, 0.717) is 17.7 Å². The highest BCUT2D eigenvalue weighted by atomic mass is 16.3. The van der Waals surface area contributed by atoms with Crippen LogP contribution in [0, 0.1) is 0 Å². The molecule has 2 aromatic rings. The first-order valence-electron chi connectivity index (χ1n) is 4.09. The monoisotopic (exact) mass is 188 g/mol. The van der Waals surface area contributed by atoms with Gasteiger partial charge in [0.15, 0.2) is 6.29 Å². The molecule has 4 nitrogen and oxygen atoms in total. The number of benzene rings is 1. The van der Waals surface area contributed by atoms with Crippen molar-refractivity contribution in [2.75, 3.05) is 0 Å². The van der Waals surface area contributed by atoms with Crippen molar-refractivity contribution in [3.63, 3.8) is 0 Å². The third kappa shape index (κ3) is 1.50. The fraction of sp³-hybridized carbons (Fsp3) is 0. The summed E-state index contributed by atoms with van der Waals surface area (Å²) in [6.07, 6.45) is 0.705. The quantitative estimate of drug-likeness (QED) is 0.703. The number of nitrogens with one attached hydrogen (secondary N) is 1. The highest BCUT2D eigenvalue weighted by Crippen LogP contribution is 2.19. The second-order valence-corrected chi connectivity index (χ2v) is 2.87. The number of aromatic hydroxyl groups is 1. The summed E-state index contributed by atoms with van der Waals surface area (Å²) in [6.45, 7) is 0. The van der Waals surface area contributed by atoms with E-state index >= 15 is 0 Å². The number of hydrogen-bond donors (Lipinski definition) is 2. The smallest absolute Gasteiger partial charge is 0.167 e. The Hall–Kier alpha value is -2.10. The van der Waals surface area contributed by atoms with Crippen LogP contribution >= 0.6 is 0 Å². The number of aromatic amines is 1. The van der Waals surface area contributed by atoms with Crippen LogP contribution in [0.25, 0.3) is 11.3 Å². The number of phenolic OH excluding ortho intramolecular Hbond substituents is 1. The van der Waals surface area contributed by atoms with E-state index in [4.69, 9.17) is 5.11 Å². The summed E-state index contributed by atoms with van der Waals surface area (Å²) in [5.41, 5.74) is 1.98. The highest BCUT2D eigenvalue weighted by molar-refractivity contribution is 5.75. The van der Waals surface area contributed by atoms with Gasteiger partial charge in [-0.05, 0) is 30.3 Å². The molecule has 0 aliphatic rings. The predicted octanol–water partition coefficient (Wildman–Crippen LogP) is 1.59. The van der Waals surface area contributed by atoms with E-state index in [-0.39, 0.29) is 5.75 Å². The number of rotatable bonds is 2. The zero-order valence-electron chi connectivity index (χ0n) is 7.27. The number of aldehydes is 1. The Balaban J connectivity index is 2.39. The molecule has 14 heavy (non-hydrogen) atoms. The maximum absolute atomic E-state index is 10.4. The first kappa shape index (κ1) is 8.50. The van der Waals surface area contributed by atoms with Gasteiger partial charge in [0.1, 0.15) is 5.75 Å². The first-order valence-corrected chi connectivity index (χ1v) is 4.09. The van der Waals surface area contributed by atoms with Gasteiger partial charge in [-0.1, -0.05) is 0 Å². The maximum Gasteiger partial charge on any atom is 0.167 e. The number of carbonyl (C=O) groups is 1. The fourth-order valence-corrected chi connectivity index (χ4v) is 1.18. The molecule has 0 spiro atoms.